The summed E-state index contributed by atoms with van der Waals surface area (Å²) in [5.74, 6) is -0.505. The van der Waals surface area contributed by atoms with Crippen molar-refractivity contribution >= 4 is 33.1 Å². The van der Waals surface area contributed by atoms with E-state index >= 15 is 0 Å². The van der Waals surface area contributed by atoms with E-state index in [1.54, 1.807) is 41.7 Å². The monoisotopic (exact) mass is 662 g/mol. The van der Waals surface area contributed by atoms with Crippen molar-refractivity contribution in [1.29, 1.82) is 0 Å². The Bertz CT molecular complexity index is 1890. The highest BCUT2D eigenvalue weighted by Crippen LogP contribution is 2.32. The lowest BCUT2D eigenvalue weighted by molar-refractivity contribution is -0.136. The molecule has 1 heterocycles. The molecule has 4 aromatic carbocycles. The molecular weight excluding hydrogens is 628 g/mol. The lowest BCUT2D eigenvalue weighted by Crippen LogP contribution is -2.03. The van der Waals surface area contributed by atoms with E-state index in [9.17, 15) is 17.6 Å². The van der Waals surface area contributed by atoms with Crippen molar-refractivity contribution in [2.24, 2.45) is 0 Å². The standard InChI is InChI=1S/C29H29FN2O3S.C6H6O3S/c1-18-11-26(35-16-25-17-36-20(3)32-25)12-19(2)29(18)23-6-4-5-21(13-23)15-31-24-9-7-22(27(30)14-24)8-10-28(33)34;7-10(8,9)6-4-2-1-3-5-6/h4-7,9,11-14,17,31H,8,10,15-16H2,1-3H3,(H,33,34);1-5H,(H,7,8,9). The van der Waals surface area contributed by atoms with Gasteiger partial charge in [-0.15, -0.1) is 11.3 Å². The third kappa shape index (κ3) is 9.96. The number of hydrogen-bond acceptors (Lipinski definition) is 7. The maximum absolute atomic E-state index is 14.3. The van der Waals surface area contributed by atoms with Gasteiger partial charge in [-0.2, -0.15) is 8.42 Å². The normalized spacial score (nSPS) is 11.0. The predicted molar refractivity (Wildman–Crippen MR) is 178 cm³/mol. The molecule has 240 valence electrons. The van der Waals surface area contributed by atoms with Crippen LogP contribution in [0, 0.1) is 26.6 Å². The number of halogens is 1. The highest BCUT2D eigenvalue weighted by Gasteiger charge is 2.11. The molecule has 0 aliphatic rings. The zero-order valence-electron chi connectivity index (χ0n) is 25.7. The molecule has 0 saturated heterocycles. The molecule has 5 rings (SSSR count). The largest absolute Gasteiger partial charge is 0.487 e. The van der Waals surface area contributed by atoms with Crippen molar-refractivity contribution < 1.29 is 32.0 Å². The molecule has 8 nitrogen and oxygen atoms in total. The van der Waals surface area contributed by atoms with Crippen molar-refractivity contribution in [3.05, 3.63) is 129 Å². The van der Waals surface area contributed by atoms with E-state index in [1.807, 2.05) is 24.4 Å². The average molecular weight is 663 g/mol. The number of carbonyl (C=O) groups is 1. The first-order valence-electron chi connectivity index (χ1n) is 14.4. The Balaban J connectivity index is 0.000000409. The number of carboxylic acid groups (broad SMARTS) is 1. The molecule has 0 aliphatic heterocycles. The Labute approximate surface area is 272 Å². The Kier molecular flexibility index (Phi) is 11.6. The number of carboxylic acids is 1. The summed E-state index contributed by atoms with van der Waals surface area (Å²) in [6, 6.07) is 24.7. The number of nitrogens with zero attached hydrogens (tertiary/aromatic N) is 1. The van der Waals surface area contributed by atoms with Crippen molar-refractivity contribution in [3.8, 4) is 16.9 Å². The second-order valence-corrected chi connectivity index (χ2v) is 13.1. The molecule has 0 spiro atoms. The molecule has 5 aromatic rings. The van der Waals surface area contributed by atoms with Crippen LogP contribution in [0.15, 0.2) is 95.2 Å². The summed E-state index contributed by atoms with van der Waals surface area (Å²) in [6.07, 6.45) is 0.0878. The van der Waals surface area contributed by atoms with Gasteiger partial charge in [0.2, 0.25) is 0 Å². The summed E-state index contributed by atoms with van der Waals surface area (Å²) < 4.78 is 49.6. The highest BCUT2D eigenvalue weighted by molar-refractivity contribution is 7.85. The molecule has 0 amide bonds. The van der Waals surface area contributed by atoms with Gasteiger partial charge in [-0.1, -0.05) is 42.5 Å². The first-order valence-corrected chi connectivity index (χ1v) is 16.7. The molecule has 0 bridgehead atoms. The first-order chi connectivity index (χ1) is 21.9. The predicted octanol–water partition coefficient (Wildman–Crippen LogP) is 8.02. The lowest BCUT2D eigenvalue weighted by Gasteiger charge is -2.15. The van der Waals surface area contributed by atoms with Gasteiger partial charge in [0, 0.05) is 24.0 Å². The number of benzene rings is 4. The molecule has 46 heavy (non-hydrogen) atoms. The number of thiazole rings is 1. The number of rotatable bonds is 11. The number of ether oxygens (including phenoxy) is 1. The van der Waals surface area contributed by atoms with Gasteiger partial charge in [-0.25, -0.2) is 9.37 Å². The minimum Gasteiger partial charge on any atom is -0.487 e. The van der Waals surface area contributed by atoms with Gasteiger partial charge in [-0.3, -0.25) is 9.35 Å². The Morgan fingerprint density at radius 3 is 2.26 bits per heavy atom. The minimum atomic E-state index is -4.00. The number of aryl methyl sites for hydroxylation is 4. The van der Waals surface area contributed by atoms with Gasteiger partial charge < -0.3 is 15.2 Å². The second-order valence-electron chi connectivity index (χ2n) is 10.6. The van der Waals surface area contributed by atoms with Crippen LogP contribution in [0.1, 0.15) is 39.4 Å². The van der Waals surface area contributed by atoms with Gasteiger partial charge in [0.1, 0.15) is 18.2 Å². The number of aromatic nitrogens is 1. The zero-order chi connectivity index (χ0) is 33.3. The van der Waals surface area contributed by atoms with Crippen LogP contribution in [-0.2, 0) is 34.5 Å². The van der Waals surface area contributed by atoms with E-state index in [-0.39, 0.29) is 17.7 Å². The van der Waals surface area contributed by atoms with E-state index in [0.29, 0.717) is 24.4 Å². The van der Waals surface area contributed by atoms with Crippen LogP contribution in [0.2, 0.25) is 0 Å². The molecule has 0 saturated carbocycles. The van der Waals surface area contributed by atoms with Crippen LogP contribution >= 0.6 is 11.3 Å². The molecule has 0 atom stereocenters. The number of hydrogen-bond donors (Lipinski definition) is 3. The Hall–Kier alpha value is -4.58. The van der Waals surface area contributed by atoms with Gasteiger partial charge in [0.15, 0.2) is 0 Å². The van der Waals surface area contributed by atoms with E-state index in [4.69, 9.17) is 14.4 Å². The third-order valence-corrected chi connectivity index (χ3v) is 8.66. The molecule has 0 radical (unpaired) electrons. The van der Waals surface area contributed by atoms with E-state index in [1.165, 1.54) is 23.8 Å². The van der Waals surface area contributed by atoms with E-state index < -0.39 is 21.9 Å². The SMILES string of the molecule is Cc1nc(COc2cc(C)c(-c3cccc(CNc4ccc(CCC(=O)O)c(F)c4)c3)c(C)c2)cs1.O=S(=O)(O)c1ccccc1. The molecule has 1 aromatic heterocycles. The zero-order valence-corrected chi connectivity index (χ0v) is 27.3. The van der Waals surface area contributed by atoms with Crippen molar-refractivity contribution in [2.75, 3.05) is 5.32 Å². The Morgan fingerprint density at radius 1 is 0.957 bits per heavy atom. The molecule has 11 heteroatoms. The molecule has 3 N–H and O–H groups in total. The van der Waals surface area contributed by atoms with Crippen LogP contribution < -0.4 is 10.1 Å². The van der Waals surface area contributed by atoms with E-state index in [2.05, 4.69) is 48.4 Å². The van der Waals surface area contributed by atoms with Gasteiger partial charge in [0.25, 0.3) is 10.1 Å². The van der Waals surface area contributed by atoms with E-state index in [0.717, 1.165) is 38.7 Å². The lowest BCUT2D eigenvalue weighted by atomic mass is 9.94. The fourth-order valence-corrected chi connectivity index (χ4v) is 5.93. The summed E-state index contributed by atoms with van der Waals surface area (Å²) in [5, 5.41) is 15.1. The smallest absolute Gasteiger partial charge is 0.303 e. The second kappa shape index (κ2) is 15.6. The van der Waals surface area contributed by atoms with Crippen molar-refractivity contribution in [3.63, 3.8) is 0 Å². The molecule has 0 aliphatic carbocycles. The maximum Gasteiger partial charge on any atom is 0.303 e. The molecular formula is C35H35FN2O6S2. The number of nitrogens with one attached hydrogen (secondary N) is 1. The fourth-order valence-electron chi connectivity index (χ4n) is 4.83. The van der Waals surface area contributed by atoms with Crippen LogP contribution in [0.3, 0.4) is 0 Å². The summed E-state index contributed by atoms with van der Waals surface area (Å²) in [7, 11) is -4.00. The molecule has 0 fully saturated rings. The van der Waals surface area contributed by atoms with Crippen LogP contribution in [0.25, 0.3) is 11.1 Å². The van der Waals surface area contributed by atoms with Crippen LogP contribution in [0.5, 0.6) is 5.75 Å². The summed E-state index contributed by atoms with van der Waals surface area (Å²) >= 11 is 1.62. The van der Waals surface area contributed by atoms with Crippen LogP contribution in [0.4, 0.5) is 10.1 Å². The summed E-state index contributed by atoms with van der Waals surface area (Å²) in [6.45, 7) is 7.14. The molecule has 0 unspecified atom stereocenters. The number of anilines is 1. The van der Waals surface area contributed by atoms with Gasteiger partial charge in [-0.05, 0) is 103 Å². The topological polar surface area (TPSA) is 126 Å². The fraction of sp³-hybridized carbons (Fsp3) is 0.200. The Morgan fingerprint density at radius 2 is 1.67 bits per heavy atom. The maximum atomic E-state index is 14.3. The van der Waals surface area contributed by atoms with Gasteiger partial charge in [0.05, 0.1) is 15.6 Å². The first kappa shape index (κ1) is 34.3. The summed E-state index contributed by atoms with van der Waals surface area (Å²) in [4.78, 5) is 15.1. The minimum absolute atomic E-state index is 0.0741. The highest BCUT2D eigenvalue weighted by atomic mass is 32.2. The van der Waals surface area contributed by atoms with Crippen molar-refractivity contribution in [1.82, 2.24) is 4.98 Å². The van der Waals surface area contributed by atoms with Crippen molar-refractivity contribution in [2.45, 2.75) is 51.7 Å². The number of aliphatic carboxylic acids is 1. The van der Waals surface area contributed by atoms with Crippen LogP contribution in [-0.4, -0.2) is 29.0 Å². The third-order valence-electron chi connectivity index (χ3n) is 6.97. The van der Waals surface area contributed by atoms with Gasteiger partial charge >= 0.3 is 5.97 Å². The average Bonchev–Trinajstić information content (AvgIpc) is 3.43. The quantitative estimate of drug-likeness (QED) is 0.122. The summed E-state index contributed by atoms with van der Waals surface area (Å²) in [5.41, 5.74) is 7.61.